The molecule has 1 unspecified atom stereocenters. The lowest BCUT2D eigenvalue weighted by Crippen LogP contribution is -2.53. The number of ether oxygens (including phenoxy) is 1. The molecule has 0 aliphatic carbocycles. The first-order chi connectivity index (χ1) is 10.1. The normalized spacial score (nSPS) is 18.4. The highest BCUT2D eigenvalue weighted by Crippen LogP contribution is 2.13. The van der Waals surface area contributed by atoms with Crippen molar-refractivity contribution in [3.05, 3.63) is 29.8 Å². The van der Waals surface area contributed by atoms with Gasteiger partial charge in [-0.15, -0.1) is 0 Å². The van der Waals surface area contributed by atoms with Crippen LogP contribution in [0.3, 0.4) is 0 Å². The molecular formula is C16H25N3O2. The molecule has 1 saturated heterocycles. The number of nitrogens with two attached hydrogens (primary N) is 1. The third-order valence-corrected chi connectivity index (χ3v) is 4.24. The van der Waals surface area contributed by atoms with Crippen LogP contribution in [0.15, 0.2) is 24.3 Å². The summed E-state index contributed by atoms with van der Waals surface area (Å²) < 4.78 is 5.16. The van der Waals surface area contributed by atoms with Crippen LogP contribution in [0.25, 0.3) is 0 Å². The molecule has 1 aromatic carbocycles. The van der Waals surface area contributed by atoms with Gasteiger partial charge < -0.3 is 15.4 Å². The molecule has 0 spiro atoms. The van der Waals surface area contributed by atoms with Crippen molar-refractivity contribution in [2.24, 2.45) is 5.73 Å². The highest BCUT2D eigenvalue weighted by Gasteiger charge is 2.23. The van der Waals surface area contributed by atoms with E-state index in [1.54, 1.807) is 7.11 Å². The zero-order valence-electron chi connectivity index (χ0n) is 12.9. The van der Waals surface area contributed by atoms with Gasteiger partial charge in [-0.3, -0.25) is 9.69 Å². The Morgan fingerprint density at radius 3 is 2.38 bits per heavy atom. The molecule has 2 N–H and O–H groups in total. The maximum Gasteiger partial charge on any atom is 0.234 e. The number of methoxy groups -OCH3 is 1. The molecule has 1 atom stereocenters. The molecule has 1 aromatic rings. The Balaban J connectivity index is 1.74. The number of rotatable bonds is 6. The minimum absolute atomic E-state index is 0.159. The highest BCUT2D eigenvalue weighted by atomic mass is 16.5. The molecule has 1 aliphatic heterocycles. The van der Waals surface area contributed by atoms with Crippen molar-refractivity contribution in [3.8, 4) is 5.75 Å². The molecular weight excluding hydrogens is 266 g/mol. The second-order valence-corrected chi connectivity index (χ2v) is 5.55. The number of amides is 1. The molecule has 1 aliphatic rings. The number of primary amides is 1. The third-order valence-electron chi connectivity index (χ3n) is 4.24. The van der Waals surface area contributed by atoms with E-state index in [2.05, 4.69) is 21.9 Å². The van der Waals surface area contributed by atoms with E-state index in [1.165, 1.54) is 5.56 Å². The Kier molecular flexibility index (Phi) is 5.59. The van der Waals surface area contributed by atoms with E-state index in [0.717, 1.165) is 44.9 Å². The van der Waals surface area contributed by atoms with Crippen molar-refractivity contribution < 1.29 is 9.53 Å². The quantitative estimate of drug-likeness (QED) is 0.839. The zero-order valence-corrected chi connectivity index (χ0v) is 12.9. The fourth-order valence-electron chi connectivity index (χ4n) is 2.63. The van der Waals surface area contributed by atoms with Crippen molar-refractivity contribution in [1.82, 2.24) is 9.80 Å². The number of piperazine rings is 1. The molecule has 116 valence electrons. The lowest BCUT2D eigenvalue weighted by atomic mass is 10.1. The third kappa shape index (κ3) is 4.44. The Hall–Kier alpha value is -1.59. The summed E-state index contributed by atoms with van der Waals surface area (Å²) in [4.78, 5) is 15.8. The molecule has 5 nitrogen and oxygen atoms in total. The van der Waals surface area contributed by atoms with Crippen molar-refractivity contribution >= 4 is 5.91 Å². The molecule has 2 rings (SSSR count). The van der Waals surface area contributed by atoms with Crippen molar-refractivity contribution in [2.45, 2.75) is 19.4 Å². The van der Waals surface area contributed by atoms with Crippen LogP contribution >= 0.6 is 0 Å². The first kappa shape index (κ1) is 15.8. The van der Waals surface area contributed by atoms with Gasteiger partial charge in [0.15, 0.2) is 0 Å². The summed E-state index contributed by atoms with van der Waals surface area (Å²) in [6.45, 7) is 6.74. The Labute approximate surface area is 126 Å². The van der Waals surface area contributed by atoms with Gasteiger partial charge in [-0.25, -0.2) is 0 Å². The van der Waals surface area contributed by atoms with E-state index in [1.807, 2.05) is 19.1 Å². The average molecular weight is 291 g/mol. The summed E-state index contributed by atoms with van der Waals surface area (Å²) in [7, 11) is 1.68. The average Bonchev–Trinajstić information content (AvgIpc) is 2.53. The van der Waals surface area contributed by atoms with Crippen LogP contribution in [0.2, 0.25) is 0 Å². The number of carbonyl (C=O) groups excluding carboxylic acids is 1. The summed E-state index contributed by atoms with van der Waals surface area (Å²) in [5.74, 6) is 0.662. The van der Waals surface area contributed by atoms with E-state index in [-0.39, 0.29) is 11.9 Å². The van der Waals surface area contributed by atoms with Gasteiger partial charge in [0.1, 0.15) is 5.75 Å². The maximum absolute atomic E-state index is 11.2. The Morgan fingerprint density at radius 1 is 1.24 bits per heavy atom. The fraction of sp³-hybridized carbons (Fsp3) is 0.562. The van der Waals surface area contributed by atoms with Gasteiger partial charge in [-0.1, -0.05) is 12.1 Å². The molecule has 1 heterocycles. The molecule has 0 bridgehead atoms. The van der Waals surface area contributed by atoms with E-state index in [0.29, 0.717) is 0 Å². The van der Waals surface area contributed by atoms with Gasteiger partial charge in [0.05, 0.1) is 13.2 Å². The van der Waals surface area contributed by atoms with Crippen LogP contribution in [0.1, 0.15) is 12.5 Å². The van der Waals surface area contributed by atoms with Crippen molar-refractivity contribution in [2.75, 3.05) is 39.8 Å². The summed E-state index contributed by atoms with van der Waals surface area (Å²) in [5.41, 5.74) is 6.68. The van der Waals surface area contributed by atoms with Crippen LogP contribution in [-0.4, -0.2) is 61.6 Å². The van der Waals surface area contributed by atoms with Crippen LogP contribution in [0, 0.1) is 0 Å². The molecule has 21 heavy (non-hydrogen) atoms. The van der Waals surface area contributed by atoms with E-state index in [4.69, 9.17) is 10.5 Å². The largest absolute Gasteiger partial charge is 0.497 e. The minimum Gasteiger partial charge on any atom is -0.497 e. The van der Waals surface area contributed by atoms with Gasteiger partial charge in [0, 0.05) is 32.7 Å². The Morgan fingerprint density at radius 2 is 1.86 bits per heavy atom. The van der Waals surface area contributed by atoms with E-state index >= 15 is 0 Å². The monoisotopic (exact) mass is 291 g/mol. The van der Waals surface area contributed by atoms with E-state index in [9.17, 15) is 4.79 Å². The van der Waals surface area contributed by atoms with Crippen LogP contribution in [0.5, 0.6) is 5.75 Å². The SMILES string of the molecule is COc1ccc(CCN2CCN(C(C)C(N)=O)CC2)cc1. The van der Waals surface area contributed by atoms with Crippen LogP contribution < -0.4 is 10.5 Å². The predicted octanol–water partition coefficient (Wildman–Crippen LogP) is 0.729. The van der Waals surface area contributed by atoms with Gasteiger partial charge in [-0.05, 0) is 31.0 Å². The number of hydrogen-bond donors (Lipinski definition) is 1. The van der Waals surface area contributed by atoms with Crippen molar-refractivity contribution in [1.29, 1.82) is 0 Å². The molecule has 0 aromatic heterocycles. The first-order valence-corrected chi connectivity index (χ1v) is 7.49. The fourth-order valence-corrected chi connectivity index (χ4v) is 2.63. The topological polar surface area (TPSA) is 58.8 Å². The molecule has 0 radical (unpaired) electrons. The van der Waals surface area contributed by atoms with Gasteiger partial charge in [0.25, 0.3) is 0 Å². The summed E-state index contributed by atoms with van der Waals surface area (Å²) in [5, 5.41) is 0. The molecule has 1 fully saturated rings. The molecule has 1 amide bonds. The standard InChI is InChI=1S/C16H25N3O2/c1-13(16(17)20)19-11-9-18(10-12-19)8-7-14-3-5-15(21-2)6-4-14/h3-6,13H,7-12H2,1-2H3,(H2,17,20). The highest BCUT2D eigenvalue weighted by molar-refractivity contribution is 5.79. The number of carbonyl (C=O) groups is 1. The van der Waals surface area contributed by atoms with Gasteiger partial charge in [-0.2, -0.15) is 0 Å². The van der Waals surface area contributed by atoms with Crippen molar-refractivity contribution in [3.63, 3.8) is 0 Å². The van der Waals surface area contributed by atoms with E-state index < -0.39 is 0 Å². The molecule has 5 heteroatoms. The number of hydrogen-bond acceptors (Lipinski definition) is 4. The second-order valence-electron chi connectivity index (χ2n) is 5.55. The lowest BCUT2D eigenvalue weighted by molar-refractivity contribution is -0.123. The summed E-state index contributed by atoms with van der Waals surface area (Å²) >= 11 is 0. The second kappa shape index (κ2) is 7.43. The smallest absolute Gasteiger partial charge is 0.234 e. The van der Waals surface area contributed by atoms with Gasteiger partial charge in [0.2, 0.25) is 5.91 Å². The Bertz CT molecular complexity index is 453. The lowest BCUT2D eigenvalue weighted by Gasteiger charge is -2.36. The van der Waals surface area contributed by atoms with Gasteiger partial charge >= 0.3 is 0 Å². The summed E-state index contributed by atoms with van der Waals surface area (Å²) in [6, 6.07) is 8.08. The van der Waals surface area contributed by atoms with Crippen LogP contribution in [-0.2, 0) is 11.2 Å². The zero-order chi connectivity index (χ0) is 15.2. The predicted molar refractivity (Wildman–Crippen MR) is 83.4 cm³/mol. The summed E-state index contributed by atoms with van der Waals surface area (Å²) in [6.07, 6.45) is 1.04. The minimum atomic E-state index is -0.235. The van der Waals surface area contributed by atoms with Crippen LogP contribution in [0.4, 0.5) is 0 Å². The molecule has 0 saturated carbocycles. The maximum atomic E-state index is 11.2. The first-order valence-electron chi connectivity index (χ1n) is 7.49. The number of nitrogens with zero attached hydrogens (tertiary/aromatic N) is 2. The number of benzene rings is 1.